The average molecular weight is 223 g/mol. The molecule has 3 nitrogen and oxygen atoms in total. The molecule has 1 aliphatic rings. The van der Waals surface area contributed by atoms with Crippen molar-refractivity contribution in [3.8, 4) is 0 Å². The summed E-state index contributed by atoms with van der Waals surface area (Å²) >= 11 is 0. The molecule has 3 heteroatoms. The van der Waals surface area contributed by atoms with Crippen molar-refractivity contribution in [3.05, 3.63) is 23.7 Å². The van der Waals surface area contributed by atoms with Crippen molar-refractivity contribution >= 4 is 0 Å². The molecule has 90 valence electrons. The predicted molar refractivity (Wildman–Crippen MR) is 63.3 cm³/mol. The number of aryl methyl sites for hydroxylation is 1. The van der Waals surface area contributed by atoms with Gasteiger partial charge in [0.1, 0.15) is 5.76 Å². The van der Waals surface area contributed by atoms with Crippen LogP contribution in [-0.2, 0) is 11.3 Å². The molecule has 1 fully saturated rings. The zero-order valence-corrected chi connectivity index (χ0v) is 10.2. The third-order valence-electron chi connectivity index (χ3n) is 3.50. The van der Waals surface area contributed by atoms with Gasteiger partial charge in [0.2, 0.25) is 0 Å². The van der Waals surface area contributed by atoms with Gasteiger partial charge in [-0.05, 0) is 31.4 Å². The standard InChI is InChI=1S/C13H21NO2/c1-10-7-8-16-13(10)9-14-11-5-3-4-6-12(11)15-2/h7-8,11-12,14H,3-6,9H2,1-2H3. The second-order valence-electron chi connectivity index (χ2n) is 4.57. The van der Waals surface area contributed by atoms with Crippen molar-refractivity contribution in [2.24, 2.45) is 0 Å². The van der Waals surface area contributed by atoms with E-state index in [1.54, 1.807) is 6.26 Å². The van der Waals surface area contributed by atoms with Crippen molar-refractivity contribution in [1.29, 1.82) is 0 Å². The summed E-state index contributed by atoms with van der Waals surface area (Å²) in [5, 5.41) is 3.55. The minimum Gasteiger partial charge on any atom is -0.468 e. The summed E-state index contributed by atoms with van der Waals surface area (Å²) in [7, 11) is 1.81. The van der Waals surface area contributed by atoms with Crippen LogP contribution in [0.5, 0.6) is 0 Å². The highest BCUT2D eigenvalue weighted by molar-refractivity contribution is 5.14. The number of rotatable bonds is 4. The topological polar surface area (TPSA) is 34.4 Å². The van der Waals surface area contributed by atoms with Gasteiger partial charge >= 0.3 is 0 Å². The molecule has 1 aliphatic carbocycles. The lowest BCUT2D eigenvalue weighted by molar-refractivity contribution is 0.0407. The van der Waals surface area contributed by atoms with E-state index in [1.165, 1.54) is 31.2 Å². The Kier molecular flexibility index (Phi) is 4.02. The summed E-state index contributed by atoms with van der Waals surface area (Å²) in [4.78, 5) is 0. The minimum absolute atomic E-state index is 0.365. The van der Waals surface area contributed by atoms with Crippen LogP contribution < -0.4 is 5.32 Å². The van der Waals surface area contributed by atoms with Gasteiger partial charge in [-0.2, -0.15) is 0 Å². The largest absolute Gasteiger partial charge is 0.468 e. The summed E-state index contributed by atoms with van der Waals surface area (Å²) < 4.78 is 10.9. The SMILES string of the molecule is COC1CCCCC1NCc1occc1C. The van der Waals surface area contributed by atoms with Crippen molar-refractivity contribution in [3.63, 3.8) is 0 Å². The quantitative estimate of drug-likeness (QED) is 0.852. The number of ether oxygens (including phenoxy) is 1. The van der Waals surface area contributed by atoms with Crippen LogP contribution in [0.2, 0.25) is 0 Å². The van der Waals surface area contributed by atoms with Crippen LogP contribution in [0.1, 0.15) is 37.0 Å². The fourth-order valence-electron chi connectivity index (χ4n) is 2.42. The number of methoxy groups -OCH3 is 1. The Balaban J connectivity index is 1.86. The maximum Gasteiger partial charge on any atom is 0.120 e. The van der Waals surface area contributed by atoms with E-state index in [9.17, 15) is 0 Å². The highest BCUT2D eigenvalue weighted by atomic mass is 16.5. The van der Waals surface area contributed by atoms with Gasteiger partial charge in [-0.1, -0.05) is 12.8 Å². The zero-order valence-electron chi connectivity index (χ0n) is 10.2. The second-order valence-corrected chi connectivity index (χ2v) is 4.57. The van der Waals surface area contributed by atoms with E-state index in [1.807, 2.05) is 13.2 Å². The summed E-state index contributed by atoms with van der Waals surface area (Å²) in [5.41, 5.74) is 1.22. The lowest BCUT2D eigenvalue weighted by Gasteiger charge is -2.31. The summed E-state index contributed by atoms with van der Waals surface area (Å²) in [6.45, 7) is 2.89. The maximum absolute atomic E-state index is 5.51. The number of nitrogens with one attached hydrogen (secondary N) is 1. The first-order valence-electron chi connectivity index (χ1n) is 6.10. The van der Waals surface area contributed by atoms with Crippen molar-refractivity contribution in [1.82, 2.24) is 5.32 Å². The summed E-state index contributed by atoms with van der Waals surface area (Å²) in [6.07, 6.45) is 7.08. The van der Waals surface area contributed by atoms with Crippen LogP contribution in [-0.4, -0.2) is 19.3 Å². The fraction of sp³-hybridized carbons (Fsp3) is 0.692. The van der Waals surface area contributed by atoms with E-state index in [0.717, 1.165) is 12.3 Å². The third kappa shape index (κ3) is 2.66. The van der Waals surface area contributed by atoms with Crippen LogP contribution in [0.25, 0.3) is 0 Å². The highest BCUT2D eigenvalue weighted by Crippen LogP contribution is 2.21. The first-order valence-corrected chi connectivity index (χ1v) is 6.10. The molecule has 2 rings (SSSR count). The molecule has 1 aromatic rings. The first-order chi connectivity index (χ1) is 7.81. The Hall–Kier alpha value is -0.800. The van der Waals surface area contributed by atoms with Crippen LogP contribution in [0.15, 0.2) is 16.7 Å². The van der Waals surface area contributed by atoms with Gasteiger partial charge < -0.3 is 14.5 Å². The van der Waals surface area contributed by atoms with E-state index in [0.29, 0.717) is 12.1 Å². The molecule has 0 saturated heterocycles. The zero-order chi connectivity index (χ0) is 11.4. The molecule has 0 spiro atoms. The van der Waals surface area contributed by atoms with E-state index >= 15 is 0 Å². The monoisotopic (exact) mass is 223 g/mol. The Morgan fingerprint density at radius 2 is 2.25 bits per heavy atom. The van der Waals surface area contributed by atoms with E-state index < -0.39 is 0 Å². The van der Waals surface area contributed by atoms with Crippen molar-refractivity contribution < 1.29 is 9.15 Å². The van der Waals surface area contributed by atoms with Gasteiger partial charge in [-0.15, -0.1) is 0 Å². The summed E-state index contributed by atoms with van der Waals surface area (Å²) in [6, 6.07) is 2.48. The summed E-state index contributed by atoms with van der Waals surface area (Å²) in [5.74, 6) is 1.04. The molecular formula is C13H21NO2. The van der Waals surface area contributed by atoms with Crippen LogP contribution in [0.4, 0.5) is 0 Å². The van der Waals surface area contributed by atoms with E-state index in [-0.39, 0.29) is 0 Å². The van der Waals surface area contributed by atoms with Crippen molar-refractivity contribution in [2.75, 3.05) is 7.11 Å². The lowest BCUT2D eigenvalue weighted by atomic mass is 9.92. The minimum atomic E-state index is 0.365. The lowest BCUT2D eigenvalue weighted by Crippen LogP contribution is -2.42. The highest BCUT2D eigenvalue weighted by Gasteiger charge is 2.24. The Bertz CT molecular complexity index is 321. The number of hydrogen-bond donors (Lipinski definition) is 1. The molecule has 0 bridgehead atoms. The maximum atomic E-state index is 5.51. The molecule has 16 heavy (non-hydrogen) atoms. The van der Waals surface area contributed by atoms with Crippen LogP contribution in [0, 0.1) is 6.92 Å². The van der Waals surface area contributed by atoms with Crippen LogP contribution in [0.3, 0.4) is 0 Å². The Morgan fingerprint density at radius 1 is 1.44 bits per heavy atom. The van der Waals surface area contributed by atoms with Gasteiger partial charge in [0.05, 0.1) is 18.9 Å². The number of hydrogen-bond acceptors (Lipinski definition) is 3. The molecular weight excluding hydrogens is 202 g/mol. The number of furan rings is 1. The van der Waals surface area contributed by atoms with Gasteiger partial charge in [0.25, 0.3) is 0 Å². The molecule has 1 N–H and O–H groups in total. The molecule has 0 amide bonds. The first kappa shape index (κ1) is 11.7. The molecule has 1 aromatic heterocycles. The molecule has 1 saturated carbocycles. The predicted octanol–water partition coefficient (Wildman–Crippen LogP) is 2.64. The van der Waals surface area contributed by atoms with E-state index in [4.69, 9.17) is 9.15 Å². The molecule has 2 unspecified atom stereocenters. The smallest absolute Gasteiger partial charge is 0.120 e. The van der Waals surface area contributed by atoms with Gasteiger partial charge in [-0.25, -0.2) is 0 Å². The molecule has 1 heterocycles. The van der Waals surface area contributed by atoms with Crippen molar-refractivity contribution in [2.45, 2.75) is 51.3 Å². The third-order valence-corrected chi connectivity index (χ3v) is 3.50. The van der Waals surface area contributed by atoms with Gasteiger partial charge in [0, 0.05) is 13.2 Å². The normalized spacial score (nSPS) is 25.9. The molecule has 0 radical (unpaired) electrons. The van der Waals surface area contributed by atoms with Gasteiger partial charge in [0.15, 0.2) is 0 Å². The average Bonchev–Trinajstić information content (AvgIpc) is 2.72. The Morgan fingerprint density at radius 3 is 2.94 bits per heavy atom. The van der Waals surface area contributed by atoms with Crippen LogP contribution >= 0.6 is 0 Å². The second kappa shape index (κ2) is 5.51. The fourth-order valence-corrected chi connectivity index (χ4v) is 2.42. The Labute approximate surface area is 97.2 Å². The molecule has 0 aliphatic heterocycles. The molecule has 2 atom stereocenters. The van der Waals surface area contributed by atoms with Gasteiger partial charge in [-0.3, -0.25) is 0 Å². The van der Waals surface area contributed by atoms with E-state index in [2.05, 4.69) is 12.2 Å². The molecule has 0 aromatic carbocycles.